The van der Waals surface area contributed by atoms with Gasteiger partial charge in [-0.15, -0.1) is 0 Å². The van der Waals surface area contributed by atoms with Gasteiger partial charge in [-0.1, -0.05) is 47.5 Å². The zero-order valence-corrected chi connectivity index (χ0v) is 14.9. The molecule has 2 rings (SSSR count). The van der Waals surface area contributed by atoms with E-state index >= 15 is 0 Å². The van der Waals surface area contributed by atoms with Gasteiger partial charge in [0.25, 0.3) is 11.8 Å². The largest absolute Gasteiger partial charge is 0.452 e. The lowest BCUT2D eigenvalue weighted by atomic mass is 10.1. The molecule has 0 bridgehead atoms. The molecule has 0 saturated heterocycles. The highest BCUT2D eigenvalue weighted by atomic mass is 35.5. The molecule has 26 heavy (non-hydrogen) atoms. The Hall–Kier alpha value is -2.83. The molecule has 0 radical (unpaired) electrons. The zero-order chi connectivity index (χ0) is 19.1. The van der Waals surface area contributed by atoms with Crippen LogP contribution >= 0.6 is 23.2 Å². The van der Waals surface area contributed by atoms with Gasteiger partial charge >= 0.3 is 5.97 Å². The van der Waals surface area contributed by atoms with Gasteiger partial charge in [0.05, 0.1) is 21.3 Å². The molecule has 0 aliphatic heterocycles. The monoisotopic (exact) mass is 392 g/mol. The average Bonchev–Trinajstić information content (AvgIpc) is 2.61. The zero-order valence-electron chi connectivity index (χ0n) is 13.4. The number of rotatable bonds is 6. The molecule has 8 heteroatoms. The van der Waals surface area contributed by atoms with E-state index in [9.17, 15) is 14.4 Å². The molecule has 3 N–H and O–H groups in total. The predicted octanol–water partition coefficient (Wildman–Crippen LogP) is 3.29. The van der Waals surface area contributed by atoms with E-state index in [1.165, 1.54) is 18.2 Å². The Bertz CT molecular complexity index is 881. The SMILES string of the molecule is NC(=O)c1ccccc1NC(=O)COC(=O)/C=C/c1cccc(Cl)c1Cl. The van der Waals surface area contributed by atoms with Crippen molar-refractivity contribution in [1.29, 1.82) is 0 Å². The van der Waals surface area contributed by atoms with Gasteiger partial charge in [0.2, 0.25) is 0 Å². The van der Waals surface area contributed by atoms with Crippen molar-refractivity contribution in [3.05, 3.63) is 69.7 Å². The summed E-state index contributed by atoms with van der Waals surface area (Å²) < 4.78 is 4.84. The Balaban J connectivity index is 1.91. The first-order valence-electron chi connectivity index (χ1n) is 7.36. The molecule has 2 aromatic carbocycles. The lowest BCUT2D eigenvalue weighted by Crippen LogP contribution is -2.22. The number of nitrogens with two attached hydrogens (primary N) is 1. The van der Waals surface area contributed by atoms with Crippen molar-refractivity contribution in [2.45, 2.75) is 0 Å². The number of benzene rings is 2. The number of halogens is 2. The highest BCUT2D eigenvalue weighted by Gasteiger charge is 2.11. The van der Waals surface area contributed by atoms with Crippen LogP contribution in [0.4, 0.5) is 5.69 Å². The van der Waals surface area contributed by atoms with Crippen LogP contribution in [-0.2, 0) is 14.3 Å². The third kappa shape index (κ3) is 5.34. The fraction of sp³-hybridized carbons (Fsp3) is 0.0556. The number of hydrogen-bond donors (Lipinski definition) is 2. The molecule has 2 aromatic rings. The maximum atomic E-state index is 11.9. The lowest BCUT2D eigenvalue weighted by Gasteiger charge is -2.08. The Kier molecular flexibility index (Phi) is 6.77. The van der Waals surface area contributed by atoms with Crippen molar-refractivity contribution in [1.82, 2.24) is 0 Å². The molecule has 0 aliphatic carbocycles. The Morgan fingerprint density at radius 2 is 1.81 bits per heavy atom. The van der Waals surface area contributed by atoms with E-state index in [-0.39, 0.29) is 11.3 Å². The van der Waals surface area contributed by atoms with Crippen LogP contribution in [0.5, 0.6) is 0 Å². The summed E-state index contributed by atoms with van der Waals surface area (Å²) in [6.45, 7) is -0.528. The smallest absolute Gasteiger partial charge is 0.331 e. The lowest BCUT2D eigenvalue weighted by molar-refractivity contribution is -0.142. The maximum absolute atomic E-state index is 11.9. The van der Waals surface area contributed by atoms with Gasteiger partial charge in [-0.2, -0.15) is 0 Å². The minimum absolute atomic E-state index is 0.155. The second-order valence-electron chi connectivity index (χ2n) is 5.04. The van der Waals surface area contributed by atoms with Gasteiger partial charge in [-0.25, -0.2) is 4.79 Å². The quantitative estimate of drug-likeness (QED) is 0.581. The number of amides is 2. The van der Waals surface area contributed by atoms with E-state index in [0.29, 0.717) is 15.6 Å². The Morgan fingerprint density at radius 3 is 2.54 bits per heavy atom. The first-order valence-corrected chi connectivity index (χ1v) is 8.11. The molecule has 0 heterocycles. The molecule has 0 aliphatic rings. The van der Waals surface area contributed by atoms with Crippen molar-refractivity contribution in [3.8, 4) is 0 Å². The standard InChI is InChI=1S/C18H14Cl2N2O4/c19-13-6-3-4-11(17(13)20)8-9-16(24)26-10-15(23)22-14-7-2-1-5-12(14)18(21)25/h1-9H,10H2,(H2,21,25)(H,22,23)/b9-8+. The highest BCUT2D eigenvalue weighted by molar-refractivity contribution is 6.42. The van der Waals surface area contributed by atoms with Crippen LogP contribution in [0, 0.1) is 0 Å². The Labute approximate surface area is 159 Å². The molecule has 0 spiro atoms. The van der Waals surface area contributed by atoms with Crippen LogP contribution in [0.1, 0.15) is 15.9 Å². The van der Waals surface area contributed by atoms with E-state index in [4.69, 9.17) is 33.7 Å². The normalized spacial score (nSPS) is 10.5. The van der Waals surface area contributed by atoms with Crippen LogP contribution in [0.3, 0.4) is 0 Å². The molecule has 0 fully saturated rings. The molecule has 6 nitrogen and oxygen atoms in total. The second kappa shape index (κ2) is 9.03. The summed E-state index contributed by atoms with van der Waals surface area (Å²) in [6, 6.07) is 11.2. The van der Waals surface area contributed by atoms with Crippen molar-refractivity contribution in [2.24, 2.45) is 5.73 Å². The Morgan fingerprint density at radius 1 is 1.08 bits per heavy atom. The molecular formula is C18H14Cl2N2O4. The highest BCUT2D eigenvalue weighted by Crippen LogP contribution is 2.26. The van der Waals surface area contributed by atoms with Gasteiger partial charge in [0.15, 0.2) is 6.61 Å². The number of carbonyl (C=O) groups is 3. The van der Waals surface area contributed by atoms with Crippen molar-refractivity contribution >= 4 is 52.7 Å². The number of para-hydroxylation sites is 1. The number of anilines is 1. The summed E-state index contributed by atoms with van der Waals surface area (Å²) in [7, 11) is 0. The number of primary amides is 1. The van der Waals surface area contributed by atoms with Gasteiger partial charge in [0, 0.05) is 6.08 Å². The topological polar surface area (TPSA) is 98.5 Å². The van der Waals surface area contributed by atoms with Crippen molar-refractivity contribution < 1.29 is 19.1 Å². The van der Waals surface area contributed by atoms with Crippen LogP contribution in [0.15, 0.2) is 48.5 Å². The summed E-state index contributed by atoms with van der Waals surface area (Å²) in [6.07, 6.45) is 2.55. The number of esters is 1. The second-order valence-corrected chi connectivity index (χ2v) is 5.83. The van der Waals surface area contributed by atoms with Gasteiger partial charge in [-0.3, -0.25) is 9.59 Å². The fourth-order valence-electron chi connectivity index (χ4n) is 1.99. The third-order valence-corrected chi connectivity index (χ3v) is 4.03. The fourth-order valence-corrected chi connectivity index (χ4v) is 2.36. The van der Waals surface area contributed by atoms with Crippen LogP contribution in [0.25, 0.3) is 6.08 Å². The number of carbonyl (C=O) groups excluding carboxylic acids is 3. The van der Waals surface area contributed by atoms with E-state index in [1.807, 2.05) is 0 Å². The first kappa shape index (κ1) is 19.5. The van der Waals surface area contributed by atoms with Crippen LogP contribution < -0.4 is 11.1 Å². The summed E-state index contributed by atoms with van der Waals surface area (Å²) in [4.78, 5) is 34.9. The third-order valence-electron chi connectivity index (χ3n) is 3.19. The van der Waals surface area contributed by atoms with E-state index in [2.05, 4.69) is 5.32 Å². The van der Waals surface area contributed by atoms with Crippen molar-refractivity contribution in [3.63, 3.8) is 0 Å². The molecule has 0 unspecified atom stereocenters. The van der Waals surface area contributed by atoms with Crippen molar-refractivity contribution in [2.75, 3.05) is 11.9 Å². The first-order chi connectivity index (χ1) is 12.4. The molecule has 0 atom stereocenters. The summed E-state index contributed by atoms with van der Waals surface area (Å²) in [5, 5.41) is 3.12. The minimum atomic E-state index is -0.737. The molecule has 134 valence electrons. The number of nitrogens with one attached hydrogen (secondary N) is 1. The summed E-state index contributed by atoms with van der Waals surface area (Å²) in [5.41, 5.74) is 6.16. The molecule has 0 saturated carbocycles. The molecule has 2 amide bonds. The summed E-state index contributed by atoms with van der Waals surface area (Å²) in [5.74, 6) is -2.03. The molecule has 0 aromatic heterocycles. The van der Waals surface area contributed by atoms with Crippen LogP contribution in [0.2, 0.25) is 10.0 Å². The van der Waals surface area contributed by atoms with E-state index in [1.54, 1.807) is 30.3 Å². The van der Waals surface area contributed by atoms with Gasteiger partial charge < -0.3 is 15.8 Å². The average molecular weight is 393 g/mol. The van der Waals surface area contributed by atoms with Gasteiger partial charge in [-0.05, 0) is 29.8 Å². The number of hydrogen-bond acceptors (Lipinski definition) is 4. The molecular weight excluding hydrogens is 379 g/mol. The van der Waals surface area contributed by atoms with E-state index < -0.39 is 24.4 Å². The number of ether oxygens (including phenoxy) is 1. The maximum Gasteiger partial charge on any atom is 0.331 e. The van der Waals surface area contributed by atoms with E-state index in [0.717, 1.165) is 6.08 Å². The summed E-state index contributed by atoms with van der Waals surface area (Å²) >= 11 is 11.9. The van der Waals surface area contributed by atoms with Gasteiger partial charge in [0.1, 0.15) is 0 Å². The predicted molar refractivity (Wildman–Crippen MR) is 100 cm³/mol. The van der Waals surface area contributed by atoms with Crippen LogP contribution in [-0.4, -0.2) is 24.4 Å². The minimum Gasteiger partial charge on any atom is -0.452 e.